The lowest BCUT2D eigenvalue weighted by Gasteiger charge is -2.46. The minimum atomic E-state index is 0.737. The Morgan fingerprint density at radius 1 is 0.565 bits per heavy atom. The van der Waals surface area contributed by atoms with Crippen LogP contribution in [0.2, 0.25) is 0 Å². The fourth-order valence-corrected chi connectivity index (χ4v) is 6.56. The molecule has 1 heterocycles. The highest BCUT2D eigenvalue weighted by molar-refractivity contribution is 5.02. The highest BCUT2D eigenvalue weighted by Gasteiger charge is 2.40. The summed E-state index contributed by atoms with van der Waals surface area (Å²) >= 11 is 0. The molecule has 2 aliphatic carbocycles. The Labute approximate surface area is 144 Å². The molecule has 132 valence electrons. The average Bonchev–Trinajstić information content (AvgIpc) is 2.85. The van der Waals surface area contributed by atoms with Crippen LogP contribution in [0.25, 0.3) is 0 Å². The molecule has 0 saturated heterocycles. The first-order chi connectivity index (χ1) is 10.9. The largest absolute Gasteiger partial charge is 0.355 e. The van der Waals surface area contributed by atoms with Crippen molar-refractivity contribution in [2.75, 3.05) is 6.67 Å². The van der Waals surface area contributed by atoms with E-state index in [2.05, 4.69) is 63.7 Å². The standard InChI is InChI=1S/C21H38N2/c1-14-9-16(3)20(17(4)10-14)22-7-8-23(13-22)21-18(5)11-15(2)12-19(21)6/h7-8,14-21H,9-13H2,1-6H3/t14?,15?,16-,17+,18-,19+,20?,21?. The third-order valence-corrected chi connectivity index (χ3v) is 6.97. The minimum Gasteiger partial charge on any atom is -0.355 e. The summed E-state index contributed by atoms with van der Waals surface area (Å²) in [5.74, 6) is 5.08. The van der Waals surface area contributed by atoms with Crippen LogP contribution in [0, 0.1) is 35.5 Å². The number of hydrogen-bond donors (Lipinski definition) is 0. The molecule has 0 aromatic carbocycles. The van der Waals surface area contributed by atoms with Crippen LogP contribution in [0.5, 0.6) is 0 Å². The highest BCUT2D eigenvalue weighted by atomic mass is 15.4. The fourth-order valence-electron chi connectivity index (χ4n) is 6.56. The molecule has 23 heavy (non-hydrogen) atoms. The van der Waals surface area contributed by atoms with E-state index in [1.165, 1.54) is 25.7 Å². The van der Waals surface area contributed by atoms with E-state index in [-0.39, 0.29) is 0 Å². The maximum atomic E-state index is 2.67. The van der Waals surface area contributed by atoms with Crippen molar-refractivity contribution in [1.29, 1.82) is 0 Å². The van der Waals surface area contributed by atoms with E-state index >= 15 is 0 Å². The van der Waals surface area contributed by atoms with Crippen LogP contribution in [0.1, 0.15) is 67.2 Å². The van der Waals surface area contributed by atoms with Crippen molar-refractivity contribution in [3.05, 3.63) is 12.4 Å². The molecule has 3 aliphatic rings. The average molecular weight is 319 g/mol. The second-order valence-corrected chi connectivity index (χ2v) is 9.51. The van der Waals surface area contributed by atoms with Crippen LogP contribution in [0.4, 0.5) is 0 Å². The molecule has 2 nitrogen and oxygen atoms in total. The van der Waals surface area contributed by atoms with Gasteiger partial charge in [0, 0.05) is 24.5 Å². The van der Waals surface area contributed by atoms with E-state index < -0.39 is 0 Å². The lowest BCUT2D eigenvalue weighted by molar-refractivity contribution is 0.0292. The molecule has 0 aromatic heterocycles. The van der Waals surface area contributed by atoms with E-state index in [0.717, 1.165) is 54.3 Å². The van der Waals surface area contributed by atoms with Crippen molar-refractivity contribution in [1.82, 2.24) is 9.80 Å². The summed E-state index contributed by atoms with van der Waals surface area (Å²) in [5.41, 5.74) is 0. The molecule has 2 fully saturated rings. The predicted molar refractivity (Wildman–Crippen MR) is 98.7 cm³/mol. The van der Waals surface area contributed by atoms with Crippen LogP contribution in [-0.4, -0.2) is 28.6 Å². The van der Waals surface area contributed by atoms with Crippen molar-refractivity contribution in [2.24, 2.45) is 35.5 Å². The maximum Gasteiger partial charge on any atom is 0.0899 e. The lowest BCUT2D eigenvalue weighted by Crippen LogP contribution is -2.50. The topological polar surface area (TPSA) is 6.48 Å². The van der Waals surface area contributed by atoms with Crippen LogP contribution < -0.4 is 0 Å². The fraction of sp³-hybridized carbons (Fsp3) is 0.905. The zero-order valence-electron chi connectivity index (χ0n) is 16.2. The van der Waals surface area contributed by atoms with Gasteiger partial charge >= 0.3 is 0 Å². The Kier molecular flexibility index (Phi) is 4.99. The third-order valence-electron chi connectivity index (χ3n) is 6.97. The van der Waals surface area contributed by atoms with Gasteiger partial charge in [-0.2, -0.15) is 0 Å². The van der Waals surface area contributed by atoms with E-state index in [0.29, 0.717) is 0 Å². The van der Waals surface area contributed by atoms with Crippen molar-refractivity contribution >= 4 is 0 Å². The van der Waals surface area contributed by atoms with Gasteiger partial charge in [-0.3, -0.25) is 0 Å². The maximum absolute atomic E-state index is 2.67. The molecule has 3 rings (SSSR count). The summed E-state index contributed by atoms with van der Waals surface area (Å²) in [6, 6.07) is 1.47. The summed E-state index contributed by atoms with van der Waals surface area (Å²) in [4.78, 5) is 5.33. The molecule has 4 unspecified atom stereocenters. The summed E-state index contributed by atoms with van der Waals surface area (Å²) in [5, 5.41) is 0. The van der Waals surface area contributed by atoms with Gasteiger partial charge in [-0.1, -0.05) is 41.5 Å². The smallest absolute Gasteiger partial charge is 0.0899 e. The molecule has 0 spiro atoms. The SMILES string of the molecule is CC1C[C@@H](C)C(N2C=CN(C3[C@H](C)CC(C)C[C@@H]3C)C2)[C@@H](C)C1. The Balaban J connectivity index is 1.66. The summed E-state index contributed by atoms with van der Waals surface area (Å²) < 4.78 is 0. The van der Waals surface area contributed by atoms with Gasteiger partial charge in [-0.15, -0.1) is 0 Å². The van der Waals surface area contributed by atoms with Crippen molar-refractivity contribution in [3.63, 3.8) is 0 Å². The predicted octanol–water partition coefficient (Wildman–Crippen LogP) is 5.17. The third kappa shape index (κ3) is 3.42. The van der Waals surface area contributed by atoms with Crippen molar-refractivity contribution < 1.29 is 0 Å². The molecular formula is C21H38N2. The van der Waals surface area contributed by atoms with Gasteiger partial charge in [0.1, 0.15) is 0 Å². The monoisotopic (exact) mass is 318 g/mol. The van der Waals surface area contributed by atoms with Gasteiger partial charge in [0.25, 0.3) is 0 Å². The number of rotatable bonds is 2. The summed E-state index contributed by atoms with van der Waals surface area (Å²) in [7, 11) is 0. The van der Waals surface area contributed by atoms with E-state index in [9.17, 15) is 0 Å². The quantitative estimate of drug-likeness (QED) is 0.692. The van der Waals surface area contributed by atoms with Gasteiger partial charge in [0.15, 0.2) is 0 Å². The van der Waals surface area contributed by atoms with E-state index in [1.807, 2.05) is 0 Å². The zero-order chi connectivity index (χ0) is 16.7. The van der Waals surface area contributed by atoms with Crippen LogP contribution in [0.3, 0.4) is 0 Å². The molecule has 0 aromatic rings. The normalized spacial score (nSPS) is 48.1. The first-order valence-corrected chi connectivity index (χ1v) is 10.1. The van der Waals surface area contributed by atoms with Gasteiger partial charge in [-0.05, 0) is 61.2 Å². The molecule has 0 amide bonds. The van der Waals surface area contributed by atoms with Crippen LogP contribution >= 0.6 is 0 Å². The molecular weight excluding hydrogens is 280 g/mol. The van der Waals surface area contributed by atoms with Crippen LogP contribution in [0.15, 0.2) is 12.4 Å². The van der Waals surface area contributed by atoms with E-state index in [1.54, 1.807) is 0 Å². The van der Waals surface area contributed by atoms with Gasteiger partial charge < -0.3 is 9.80 Å². The van der Waals surface area contributed by atoms with Gasteiger partial charge in [0.2, 0.25) is 0 Å². The van der Waals surface area contributed by atoms with Crippen molar-refractivity contribution in [3.8, 4) is 0 Å². The molecule has 0 radical (unpaired) electrons. The van der Waals surface area contributed by atoms with Gasteiger partial charge in [0.05, 0.1) is 6.67 Å². The lowest BCUT2D eigenvalue weighted by atomic mass is 9.73. The Bertz CT molecular complexity index is 370. The Hall–Kier alpha value is -0.660. The van der Waals surface area contributed by atoms with Crippen LogP contribution in [-0.2, 0) is 0 Å². The Morgan fingerprint density at radius 3 is 1.17 bits per heavy atom. The first kappa shape index (κ1) is 17.2. The minimum absolute atomic E-state index is 0.737. The zero-order valence-corrected chi connectivity index (χ0v) is 16.2. The molecule has 2 heteroatoms. The molecule has 0 N–H and O–H groups in total. The van der Waals surface area contributed by atoms with E-state index in [4.69, 9.17) is 0 Å². The second kappa shape index (κ2) is 6.69. The van der Waals surface area contributed by atoms with Crippen molar-refractivity contribution in [2.45, 2.75) is 79.3 Å². The highest BCUT2D eigenvalue weighted by Crippen LogP contribution is 2.40. The second-order valence-electron chi connectivity index (χ2n) is 9.51. The summed E-state index contributed by atoms with van der Waals surface area (Å²) in [6.07, 6.45) is 10.4. The summed E-state index contributed by atoms with van der Waals surface area (Å²) in [6.45, 7) is 15.9. The molecule has 2 saturated carbocycles. The first-order valence-electron chi connectivity index (χ1n) is 10.1. The Morgan fingerprint density at radius 2 is 0.870 bits per heavy atom. The number of nitrogens with zero attached hydrogens (tertiary/aromatic N) is 2. The molecule has 1 aliphatic heterocycles. The van der Waals surface area contributed by atoms with Gasteiger partial charge in [-0.25, -0.2) is 0 Å². The molecule has 0 bridgehead atoms. The number of hydrogen-bond acceptors (Lipinski definition) is 2. The molecule has 8 atom stereocenters.